The van der Waals surface area contributed by atoms with Crippen molar-refractivity contribution in [2.45, 2.75) is 105 Å². The molecule has 4 N–H and O–H groups in total. The van der Waals surface area contributed by atoms with E-state index >= 15 is 0 Å². The molecule has 0 aliphatic carbocycles. The van der Waals surface area contributed by atoms with Crippen molar-refractivity contribution in [2.75, 3.05) is 13.2 Å². The fraction of sp³-hybridized carbons (Fsp3) is 0.474. The van der Waals surface area contributed by atoms with E-state index < -0.39 is 35.5 Å². The number of alkyl halides is 3. The number of benzene rings is 2. The monoisotopic (exact) mass is 773 g/mol. The normalized spacial score (nSPS) is 12.1. The summed E-state index contributed by atoms with van der Waals surface area (Å²) in [4.78, 5) is 39.3. The molecule has 1 aromatic heterocycles. The van der Waals surface area contributed by atoms with Crippen LogP contribution in [0, 0.1) is 17.7 Å². The van der Waals surface area contributed by atoms with Gasteiger partial charge in [-0.05, 0) is 123 Å². The molecule has 3 rings (SSSR count). The van der Waals surface area contributed by atoms with E-state index in [1.807, 2.05) is 0 Å². The van der Waals surface area contributed by atoms with Crippen molar-refractivity contribution in [3.05, 3.63) is 77.2 Å². The number of unbranched alkanes of at least 4 members (excludes halogenated alkanes) is 2. The second-order valence-electron chi connectivity index (χ2n) is 14.5. The summed E-state index contributed by atoms with van der Waals surface area (Å²) in [7, 11) is 0. The topological polar surface area (TPSA) is 182 Å². The molecule has 0 fully saturated rings. The number of halogens is 3. The Balaban J connectivity index is 1.51. The van der Waals surface area contributed by atoms with Crippen LogP contribution in [0.4, 0.5) is 22.8 Å². The first kappa shape index (κ1) is 43.8. The summed E-state index contributed by atoms with van der Waals surface area (Å²) in [6.07, 6.45) is -2.81. The minimum absolute atomic E-state index is 0.0993. The van der Waals surface area contributed by atoms with Gasteiger partial charge in [0.15, 0.2) is 0 Å². The van der Waals surface area contributed by atoms with E-state index in [1.54, 1.807) is 108 Å². The summed E-state index contributed by atoms with van der Waals surface area (Å²) in [5.41, 5.74) is 0.0378. The highest BCUT2D eigenvalue weighted by atomic mass is 19.4. The number of imidazole rings is 1. The molecule has 1 heterocycles. The van der Waals surface area contributed by atoms with E-state index in [-0.39, 0.29) is 23.8 Å². The van der Waals surface area contributed by atoms with Crippen LogP contribution in [0.25, 0.3) is 0 Å². The summed E-state index contributed by atoms with van der Waals surface area (Å²) >= 11 is 0. The molecule has 0 saturated carbocycles. The SMILES string of the molecule is Cc1cn(CCCCOc2ccc(C(=N)NC(=O)OC(C)(C)C)cc2)/c(=N\C(=O)C(F)(F)F)n1CCCCOc1ccc(C(=N)NC(=O)OC(C)(C)C)cc1. The van der Waals surface area contributed by atoms with Gasteiger partial charge in [0.1, 0.15) is 34.4 Å². The zero-order valence-electron chi connectivity index (χ0n) is 32.2. The summed E-state index contributed by atoms with van der Waals surface area (Å²) in [5, 5.41) is 20.9. The molecule has 300 valence electrons. The van der Waals surface area contributed by atoms with Crippen LogP contribution in [0.2, 0.25) is 0 Å². The number of aryl methyl sites for hydroxylation is 2. The predicted molar refractivity (Wildman–Crippen MR) is 199 cm³/mol. The number of alkyl carbamates (subject to hydrolysis) is 2. The molecule has 0 unspecified atom stereocenters. The minimum Gasteiger partial charge on any atom is -0.494 e. The molecule has 55 heavy (non-hydrogen) atoms. The number of aromatic nitrogens is 2. The lowest BCUT2D eigenvalue weighted by Gasteiger charge is -2.19. The molecule has 0 aliphatic rings. The molecule has 3 amide bonds. The van der Waals surface area contributed by atoms with Gasteiger partial charge in [0.25, 0.3) is 0 Å². The highest BCUT2D eigenvalue weighted by Gasteiger charge is 2.39. The summed E-state index contributed by atoms with van der Waals surface area (Å²) in [5.74, 6) is -1.38. The highest BCUT2D eigenvalue weighted by molar-refractivity contribution is 6.05. The van der Waals surface area contributed by atoms with Gasteiger partial charge in [-0.3, -0.25) is 26.2 Å². The van der Waals surface area contributed by atoms with E-state index in [4.69, 9.17) is 29.8 Å². The first-order valence-corrected chi connectivity index (χ1v) is 17.7. The third-order valence-electron chi connectivity index (χ3n) is 7.36. The molecular weight excluding hydrogens is 723 g/mol. The molecule has 17 heteroatoms. The number of nitrogens with one attached hydrogen (secondary N) is 4. The summed E-state index contributed by atoms with van der Waals surface area (Å²) < 4.78 is 64.7. The largest absolute Gasteiger partial charge is 0.494 e. The van der Waals surface area contributed by atoms with Crippen LogP contribution < -0.4 is 25.7 Å². The number of amides is 3. The number of hydrogen-bond donors (Lipinski definition) is 4. The van der Waals surface area contributed by atoms with Gasteiger partial charge in [0, 0.05) is 36.1 Å². The van der Waals surface area contributed by atoms with Crippen molar-refractivity contribution in [3.63, 3.8) is 0 Å². The van der Waals surface area contributed by atoms with Crippen LogP contribution in [0.5, 0.6) is 11.5 Å². The van der Waals surface area contributed by atoms with E-state index in [2.05, 4.69) is 15.6 Å². The lowest BCUT2D eigenvalue weighted by Crippen LogP contribution is -2.36. The molecule has 0 atom stereocenters. The lowest BCUT2D eigenvalue weighted by molar-refractivity contribution is -0.169. The molecule has 0 radical (unpaired) electrons. The molecule has 3 aromatic rings. The number of ether oxygens (including phenoxy) is 4. The number of amidine groups is 2. The molecular formula is C38H50F3N7O7. The van der Waals surface area contributed by atoms with Crippen molar-refractivity contribution in [1.82, 2.24) is 19.8 Å². The van der Waals surface area contributed by atoms with Crippen molar-refractivity contribution in [3.8, 4) is 11.5 Å². The van der Waals surface area contributed by atoms with Gasteiger partial charge in [-0.1, -0.05) is 0 Å². The lowest BCUT2D eigenvalue weighted by atomic mass is 10.2. The minimum atomic E-state index is -5.12. The van der Waals surface area contributed by atoms with Gasteiger partial charge in [-0.2, -0.15) is 18.2 Å². The number of carbonyl (C=O) groups excluding carboxylic acids is 3. The van der Waals surface area contributed by atoms with Gasteiger partial charge < -0.3 is 28.1 Å². The Kier molecular flexibility index (Phi) is 15.2. The standard InChI is InChI=1S/C38H50F3N7O7/c1-25-24-47(20-8-10-22-52-28-16-12-26(13-17-28)30(42)44-34(50)54-36(2,3)4)33(46-32(49)38(39,40)41)48(25)21-9-11-23-53-29-18-14-27(15-19-29)31(43)45-35(51)55-37(5,6)7/h12-19,24H,8-11,20-23H2,1-7H3,(H2,42,44,50)(H2,43,45,51)/b46-33+. The fourth-order valence-electron chi connectivity index (χ4n) is 4.91. The van der Waals surface area contributed by atoms with Gasteiger partial charge >= 0.3 is 24.3 Å². The average Bonchev–Trinajstić information content (AvgIpc) is 3.35. The fourth-order valence-corrected chi connectivity index (χ4v) is 4.91. The van der Waals surface area contributed by atoms with Crippen molar-refractivity contribution >= 4 is 29.8 Å². The number of hydrogen-bond acceptors (Lipinski definition) is 9. The Morgan fingerprint density at radius 2 is 1.11 bits per heavy atom. The van der Waals surface area contributed by atoms with E-state index in [1.165, 1.54) is 4.57 Å². The van der Waals surface area contributed by atoms with Crippen LogP contribution in [0.3, 0.4) is 0 Å². The van der Waals surface area contributed by atoms with Crippen molar-refractivity contribution in [1.29, 1.82) is 10.8 Å². The third kappa shape index (κ3) is 15.3. The molecule has 2 aromatic carbocycles. The molecule has 0 bridgehead atoms. The van der Waals surface area contributed by atoms with Crippen LogP contribution in [0.1, 0.15) is 84.0 Å². The number of nitrogens with zero attached hydrogens (tertiary/aromatic N) is 3. The van der Waals surface area contributed by atoms with E-state index in [0.29, 0.717) is 73.8 Å². The average molecular weight is 774 g/mol. The van der Waals surface area contributed by atoms with Crippen molar-refractivity contribution < 1.29 is 46.5 Å². The predicted octanol–water partition coefficient (Wildman–Crippen LogP) is 7.01. The van der Waals surface area contributed by atoms with Gasteiger partial charge in [-0.15, -0.1) is 0 Å². The molecule has 0 saturated heterocycles. The quantitative estimate of drug-likeness (QED) is 0.0772. The second-order valence-corrected chi connectivity index (χ2v) is 14.5. The Morgan fingerprint density at radius 1 is 0.691 bits per heavy atom. The van der Waals surface area contributed by atoms with Crippen LogP contribution in [-0.4, -0.2) is 69.5 Å². The Hall–Kier alpha value is -5.61. The zero-order valence-corrected chi connectivity index (χ0v) is 32.2. The first-order valence-electron chi connectivity index (χ1n) is 17.7. The molecule has 0 aliphatic heterocycles. The van der Waals surface area contributed by atoms with E-state index in [9.17, 15) is 27.6 Å². The Morgan fingerprint density at radius 3 is 1.51 bits per heavy atom. The summed E-state index contributed by atoms with van der Waals surface area (Å²) in [6.45, 7) is 13.2. The van der Waals surface area contributed by atoms with Crippen LogP contribution >= 0.6 is 0 Å². The number of rotatable bonds is 14. The van der Waals surface area contributed by atoms with Crippen LogP contribution in [0.15, 0.2) is 59.7 Å². The van der Waals surface area contributed by atoms with Crippen LogP contribution in [-0.2, 0) is 27.4 Å². The van der Waals surface area contributed by atoms with Gasteiger partial charge in [-0.25, -0.2) is 9.59 Å². The number of carbonyl (C=O) groups is 3. The van der Waals surface area contributed by atoms with Gasteiger partial charge in [0.2, 0.25) is 5.62 Å². The maximum Gasteiger partial charge on any atom is 0.473 e. The highest BCUT2D eigenvalue weighted by Crippen LogP contribution is 2.17. The Bertz CT molecular complexity index is 1870. The maximum atomic E-state index is 13.2. The summed E-state index contributed by atoms with van der Waals surface area (Å²) in [6, 6.07) is 13.1. The Labute approximate surface area is 318 Å². The second kappa shape index (κ2) is 19.1. The molecule has 14 nitrogen and oxygen atoms in total. The van der Waals surface area contributed by atoms with Gasteiger partial charge in [0.05, 0.1) is 13.2 Å². The smallest absolute Gasteiger partial charge is 0.473 e. The third-order valence-corrected chi connectivity index (χ3v) is 7.36. The first-order chi connectivity index (χ1) is 25.6. The van der Waals surface area contributed by atoms with E-state index in [0.717, 1.165) is 0 Å². The maximum absolute atomic E-state index is 13.2. The zero-order chi connectivity index (χ0) is 41.0. The van der Waals surface area contributed by atoms with Crippen molar-refractivity contribution in [2.24, 2.45) is 4.99 Å². The molecule has 0 spiro atoms.